The minimum atomic E-state index is -3.87. The van der Waals surface area contributed by atoms with Crippen molar-refractivity contribution in [2.24, 2.45) is 5.92 Å². The van der Waals surface area contributed by atoms with E-state index in [0.717, 1.165) is 0 Å². The van der Waals surface area contributed by atoms with Crippen LogP contribution in [0, 0.1) is 5.92 Å². The molecule has 0 amide bonds. The van der Waals surface area contributed by atoms with E-state index in [4.69, 9.17) is 0 Å². The third-order valence-electron chi connectivity index (χ3n) is 11.1. The Labute approximate surface area is 300 Å². The van der Waals surface area contributed by atoms with Gasteiger partial charge in [-0.25, -0.2) is 0 Å². The third kappa shape index (κ3) is 5.35. The molecule has 8 rings (SSSR count). The Morgan fingerprint density at radius 3 is 1.46 bits per heavy atom. The molecule has 6 aromatic carbocycles. The largest absolute Gasteiger partial charge is 0.147 e. The van der Waals surface area contributed by atoms with E-state index in [0.29, 0.717) is 13.3 Å². The Kier molecular flexibility index (Phi) is 9.22. The summed E-state index contributed by atoms with van der Waals surface area (Å²) in [5.74, 6) is 0.491. The molecule has 2 atom stereocenters. The summed E-state index contributed by atoms with van der Waals surface area (Å²) in [5.41, 5.74) is 14.7. The fraction of sp³-hybridized carbons (Fsp3) is 0.182. The van der Waals surface area contributed by atoms with E-state index in [1.165, 1.54) is 54.9 Å². The van der Waals surface area contributed by atoms with Gasteiger partial charge in [0.25, 0.3) is 0 Å². The predicted octanol–water partition coefficient (Wildman–Crippen LogP) is 12.8. The molecule has 0 aromatic heterocycles. The Hall–Kier alpha value is -3.01. The fourth-order valence-electron chi connectivity index (χ4n) is 9.35. The van der Waals surface area contributed by atoms with E-state index < -0.39 is 17.1 Å². The van der Waals surface area contributed by atoms with Crippen LogP contribution in [0.25, 0.3) is 56.0 Å². The van der Waals surface area contributed by atoms with Gasteiger partial charge in [-0.05, 0) is 0 Å². The van der Waals surface area contributed by atoms with Gasteiger partial charge in [-0.3, -0.25) is 0 Å². The average molecular weight is 850 g/mol. The summed E-state index contributed by atoms with van der Waals surface area (Å²) in [6, 6.07) is 45.5. The molecule has 0 nitrogen and oxygen atoms in total. The topological polar surface area (TPSA) is 0 Å². The van der Waals surface area contributed by atoms with Gasteiger partial charge in [-0.1, -0.05) is 0 Å². The smallest absolute Gasteiger partial charge is 0.147 e. The van der Waals surface area contributed by atoms with Crippen molar-refractivity contribution < 1.29 is 17.1 Å². The molecule has 0 aliphatic heterocycles. The van der Waals surface area contributed by atoms with Crippen molar-refractivity contribution in [2.75, 3.05) is 0 Å². The van der Waals surface area contributed by atoms with Gasteiger partial charge in [0.2, 0.25) is 0 Å². The van der Waals surface area contributed by atoms with Crippen LogP contribution in [0.1, 0.15) is 50.4 Å². The fourth-order valence-corrected chi connectivity index (χ4v) is 39.0. The van der Waals surface area contributed by atoms with Gasteiger partial charge in [-0.2, -0.15) is 0 Å². The Morgan fingerprint density at radius 1 is 0.521 bits per heavy atom. The molecule has 0 saturated carbocycles. The van der Waals surface area contributed by atoms with Crippen LogP contribution in [0.4, 0.5) is 0 Å². The van der Waals surface area contributed by atoms with Crippen molar-refractivity contribution in [3.8, 4) is 22.3 Å². The van der Waals surface area contributed by atoms with Crippen LogP contribution in [0.3, 0.4) is 0 Å². The van der Waals surface area contributed by atoms with Crippen molar-refractivity contribution in [1.29, 1.82) is 0 Å². The first kappa shape index (κ1) is 34.8. The first-order chi connectivity index (χ1) is 22.1. The Bertz CT molecular complexity index is 2350. The zero-order chi connectivity index (χ0) is 31.8. The number of halogens is 2. The first-order valence-electron chi connectivity index (χ1n) is 16.8. The maximum absolute atomic E-state index is 3.87. The average Bonchev–Trinajstić information content (AvgIpc) is 3.63. The second-order valence-electron chi connectivity index (χ2n) is 15.2. The number of allylic oxidation sites excluding steroid dienone is 2. The van der Waals surface area contributed by atoms with Crippen LogP contribution in [0.2, 0.25) is 9.36 Å². The molecule has 0 bridgehead atoms. The molecule has 2 aliphatic rings. The van der Waals surface area contributed by atoms with E-state index in [1.54, 1.807) is 22.3 Å². The molecule has 0 N–H and O–H groups in total. The molecule has 0 heterocycles. The van der Waals surface area contributed by atoms with Crippen molar-refractivity contribution in [3.63, 3.8) is 0 Å². The summed E-state index contributed by atoms with van der Waals surface area (Å²) in [6.45, 7) is 9.72. The molecule has 0 spiro atoms. The molecule has 0 radical (unpaired) electrons. The Morgan fingerprint density at radius 2 is 0.938 bits per heavy atom. The van der Waals surface area contributed by atoms with E-state index in [2.05, 4.69) is 171 Å². The number of rotatable bonds is 5. The predicted molar refractivity (Wildman–Crippen MR) is 215 cm³/mol. The molecule has 4 heteroatoms. The quantitative estimate of drug-likeness (QED) is 0.152. The van der Waals surface area contributed by atoms with E-state index in [9.17, 15) is 0 Å². The minimum absolute atomic E-state index is 0. The van der Waals surface area contributed by atoms with Gasteiger partial charge < -0.3 is 0 Å². The summed E-state index contributed by atoms with van der Waals surface area (Å²) in [4.78, 5) is 0. The van der Waals surface area contributed by atoms with Crippen LogP contribution in [-0.2, 0) is 17.1 Å². The standard InChI is InChI=1S/C22H19.C20H15.2CH3.2ClH.Hf.H2Si/c1-15(2)18-13-17-9-6-12-21(22(17)14-18)20-11-5-8-16-7-3-4-10-19(16)20;1-14-12-16-8-5-11-19(20(16)13-14)18-10-4-7-15-6-2-3-9-17(15)18;;;;;;/h3-15H,1-2H3;2-13H,1H3;2*1H3;2*1H;;1H2. The van der Waals surface area contributed by atoms with Crippen molar-refractivity contribution in [1.82, 2.24) is 0 Å². The molecule has 0 fully saturated rings. The summed E-state index contributed by atoms with van der Waals surface area (Å²) < 4.78 is 6.55. The molecular formula is C44H44Cl2HfSi. The maximum Gasteiger partial charge on any atom is -0.147 e. The van der Waals surface area contributed by atoms with Gasteiger partial charge in [0.05, 0.1) is 0 Å². The second kappa shape index (κ2) is 12.7. The summed E-state index contributed by atoms with van der Waals surface area (Å²) in [7, 11) is 0. The van der Waals surface area contributed by atoms with Crippen LogP contribution < -0.4 is 0 Å². The van der Waals surface area contributed by atoms with Crippen LogP contribution in [0.5, 0.6) is 0 Å². The number of hydrogen-bond donors (Lipinski definition) is 0. The van der Waals surface area contributed by atoms with Crippen molar-refractivity contribution in [2.45, 2.75) is 37.5 Å². The van der Waals surface area contributed by atoms with Crippen molar-refractivity contribution in [3.05, 3.63) is 155 Å². The monoisotopic (exact) mass is 850 g/mol. The molecule has 2 aliphatic carbocycles. The van der Waals surface area contributed by atoms with Gasteiger partial charge in [0.15, 0.2) is 0 Å². The molecule has 2 unspecified atom stereocenters. The van der Waals surface area contributed by atoms with Crippen molar-refractivity contribution >= 4 is 65.5 Å². The molecule has 242 valence electrons. The van der Waals surface area contributed by atoms with Crippen LogP contribution >= 0.6 is 24.8 Å². The number of benzene rings is 6. The summed E-state index contributed by atoms with van der Waals surface area (Å²) in [5, 5.41) is 5.28. The second-order valence-corrected chi connectivity index (χ2v) is 58.7. The zero-order valence-corrected chi connectivity index (χ0v) is 35.1. The minimum Gasteiger partial charge on any atom is -0.147 e. The van der Waals surface area contributed by atoms with Crippen LogP contribution in [0.15, 0.2) is 132 Å². The van der Waals surface area contributed by atoms with Gasteiger partial charge in [0.1, 0.15) is 0 Å². The SMILES string of the molecule is CC1=Cc2c(-c3cccc4ccccc34)cccc2[CH]1[Hf]([CH3])([CH3])(=[SiH2])[CH]1C(C(C)C)=Cc2c(-c3cccc4ccccc34)cccc21.Cl.Cl. The molecule has 6 aromatic rings. The number of fused-ring (bicyclic) bond motifs is 4. The van der Waals surface area contributed by atoms with Gasteiger partial charge in [-0.15, -0.1) is 24.8 Å². The van der Waals surface area contributed by atoms with E-state index in [1.807, 2.05) is 0 Å². The van der Waals surface area contributed by atoms with E-state index in [-0.39, 0.29) is 24.8 Å². The molecule has 0 saturated heterocycles. The third-order valence-corrected chi connectivity index (χ3v) is 36.5. The first-order valence-corrected chi connectivity index (χ1v) is 36.5. The Balaban J connectivity index is 0.00000201. The summed E-state index contributed by atoms with van der Waals surface area (Å²) >= 11 is -3.87. The molecule has 48 heavy (non-hydrogen) atoms. The van der Waals surface area contributed by atoms with Crippen LogP contribution in [-0.4, -0.2) is 6.94 Å². The van der Waals surface area contributed by atoms with Gasteiger partial charge in [0, 0.05) is 0 Å². The molecular weight excluding hydrogens is 806 g/mol. The normalized spacial score (nSPS) is 17.0. The van der Waals surface area contributed by atoms with Gasteiger partial charge >= 0.3 is 278 Å². The number of hydrogen-bond acceptors (Lipinski definition) is 0. The van der Waals surface area contributed by atoms with E-state index >= 15 is 0 Å². The summed E-state index contributed by atoms with van der Waals surface area (Å²) in [6.07, 6.45) is 5.16. The zero-order valence-electron chi connectivity index (χ0n) is 28.5. The maximum atomic E-state index is 2.78.